The molecule has 0 bridgehead atoms. The van der Waals surface area contributed by atoms with Crippen molar-refractivity contribution in [3.8, 4) is 0 Å². The summed E-state index contributed by atoms with van der Waals surface area (Å²) in [6, 6.07) is 9.02. The second-order valence-corrected chi connectivity index (χ2v) is 6.03. The molecule has 0 aliphatic heterocycles. The van der Waals surface area contributed by atoms with E-state index in [1.807, 2.05) is 12.1 Å². The Bertz CT molecular complexity index is 990. The second-order valence-electron chi connectivity index (χ2n) is 6.03. The molecule has 3 N–H and O–H groups in total. The third-order valence-electron chi connectivity index (χ3n) is 3.88. The molecule has 0 aliphatic carbocycles. The van der Waals surface area contributed by atoms with Crippen molar-refractivity contribution in [1.82, 2.24) is 15.3 Å². The number of hydrogen-bond donors (Lipinski definition) is 2. The van der Waals surface area contributed by atoms with Crippen LogP contribution in [-0.4, -0.2) is 27.8 Å². The quantitative estimate of drug-likeness (QED) is 0.690. The SMILES string of the molecule is NC(=O)[C@@H](Cc1cnc2ccccc2n1)NC(=O)Cc1cc(F)cc(F)c1. The highest BCUT2D eigenvalue weighted by molar-refractivity contribution is 5.87. The summed E-state index contributed by atoms with van der Waals surface area (Å²) in [5.41, 5.74) is 7.35. The normalized spacial score (nSPS) is 11.9. The molecule has 1 heterocycles. The van der Waals surface area contributed by atoms with E-state index in [-0.39, 0.29) is 18.4 Å². The van der Waals surface area contributed by atoms with Gasteiger partial charge in [0.15, 0.2) is 0 Å². The number of rotatable bonds is 6. The first-order chi connectivity index (χ1) is 12.9. The van der Waals surface area contributed by atoms with Gasteiger partial charge in [-0.2, -0.15) is 0 Å². The maximum atomic E-state index is 13.2. The zero-order chi connectivity index (χ0) is 19.4. The lowest BCUT2D eigenvalue weighted by molar-refractivity contribution is -0.127. The number of benzene rings is 2. The number of nitrogens with one attached hydrogen (secondary N) is 1. The van der Waals surface area contributed by atoms with Crippen LogP contribution in [-0.2, 0) is 22.4 Å². The summed E-state index contributed by atoms with van der Waals surface area (Å²) in [7, 11) is 0. The van der Waals surface area contributed by atoms with Gasteiger partial charge in [-0.3, -0.25) is 14.6 Å². The van der Waals surface area contributed by atoms with Gasteiger partial charge in [0.2, 0.25) is 11.8 Å². The van der Waals surface area contributed by atoms with E-state index in [4.69, 9.17) is 5.73 Å². The molecule has 0 unspecified atom stereocenters. The molecule has 27 heavy (non-hydrogen) atoms. The standard InChI is InChI=1S/C19H16F2N4O2/c20-12-5-11(6-13(21)8-12)7-18(26)25-17(19(22)27)9-14-10-23-15-3-1-2-4-16(15)24-14/h1-6,8,10,17H,7,9H2,(H2,22,27)(H,25,26)/t17-/m1/s1. The Kier molecular flexibility index (Phi) is 5.35. The number of carbonyl (C=O) groups is 2. The molecule has 1 aromatic heterocycles. The Balaban J connectivity index is 1.71. The zero-order valence-corrected chi connectivity index (χ0v) is 14.2. The minimum atomic E-state index is -1.02. The van der Waals surface area contributed by atoms with Gasteiger partial charge in [-0.05, 0) is 29.8 Å². The molecule has 0 spiro atoms. The highest BCUT2D eigenvalue weighted by Crippen LogP contribution is 2.11. The molecule has 0 saturated heterocycles. The Hall–Kier alpha value is -3.42. The van der Waals surface area contributed by atoms with Crippen molar-refractivity contribution in [3.63, 3.8) is 0 Å². The van der Waals surface area contributed by atoms with E-state index in [0.29, 0.717) is 22.8 Å². The largest absolute Gasteiger partial charge is 0.368 e. The van der Waals surface area contributed by atoms with Crippen LogP contribution < -0.4 is 11.1 Å². The van der Waals surface area contributed by atoms with Gasteiger partial charge in [0.25, 0.3) is 0 Å². The molecule has 138 valence electrons. The van der Waals surface area contributed by atoms with Crippen molar-refractivity contribution in [2.45, 2.75) is 18.9 Å². The van der Waals surface area contributed by atoms with Crippen molar-refractivity contribution in [2.75, 3.05) is 0 Å². The van der Waals surface area contributed by atoms with E-state index in [0.717, 1.165) is 12.1 Å². The number of para-hydroxylation sites is 2. The molecule has 8 heteroatoms. The lowest BCUT2D eigenvalue weighted by atomic mass is 10.1. The molecule has 6 nitrogen and oxygen atoms in total. The molecule has 0 saturated carbocycles. The predicted molar refractivity (Wildman–Crippen MR) is 94.4 cm³/mol. The van der Waals surface area contributed by atoms with Crippen LogP contribution in [0.25, 0.3) is 11.0 Å². The first kappa shape index (κ1) is 18.4. The van der Waals surface area contributed by atoms with Crippen molar-refractivity contribution >= 4 is 22.8 Å². The van der Waals surface area contributed by atoms with Crippen molar-refractivity contribution < 1.29 is 18.4 Å². The minimum absolute atomic E-state index is 0.0520. The van der Waals surface area contributed by atoms with E-state index < -0.39 is 29.5 Å². The highest BCUT2D eigenvalue weighted by Gasteiger charge is 2.20. The number of fused-ring (bicyclic) bond motifs is 1. The van der Waals surface area contributed by atoms with Gasteiger partial charge in [0, 0.05) is 18.7 Å². The van der Waals surface area contributed by atoms with E-state index in [9.17, 15) is 18.4 Å². The molecule has 1 atom stereocenters. The Morgan fingerprint density at radius 1 is 1.07 bits per heavy atom. The van der Waals surface area contributed by atoms with E-state index >= 15 is 0 Å². The van der Waals surface area contributed by atoms with Gasteiger partial charge in [-0.25, -0.2) is 13.8 Å². The number of amides is 2. The molecule has 3 rings (SSSR count). The van der Waals surface area contributed by atoms with Crippen LogP contribution in [0.1, 0.15) is 11.3 Å². The molecular weight excluding hydrogens is 354 g/mol. The number of aromatic nitrogens is 2. The van der Waals surface area contributed by atoms with Crippen molar-refractivity contribution in [3.05, 3.63) is 71.6 Å². The van der Waals surface area contributed by atoms with Gasteiger partial charge in [0.1, 0.15) is 17.7 Å². The van der Waals surface area contributed by atoms with Crippen LogP contribution in [0.5, 0.6) is 0 Å². The van der Waals surface area contributed by atoms with E-state index in [1.165, 1.54) is 6.20 Å². The fraction of sp³-hybridized carbons (Fsp3) is 0.158. The number of nitrogens with zero attached hydrogens (tertiary/aromatic N) is 2. The van der Waals surface area contributed by atoms with Crippen LogP contribution in [0.2, 0.25) is 0 Å². The van der Waals surface area contributed by atoms with Gasteiger partial charge in [0.05, 0.1) is 23.1 Å². The van der Waals surface area contributed by atoms with Crippen LogP contribution in [0.3, 0.4) is 0 Å². The summed E-state index contributed by atoms with van der Waals surface area (Å²) >= 11 is 0. The molecule has 2 amide bonds. The third-order valence-corrected chi connectivity index (χ3v) is 3.88. The number of hydrogen-bond acceptors (Lipinski definition) is 4. The van der Waals surface area contributed by atoms with Gasteiger partial charge < -0.3 is 11.1 Å². The maximum absolute atomic E-state index is 13.2. The number of carbonyl (C=O) groups excluding carboxylic acids is 2. The first-order valence-electron chi connectivity index (χ1n) is 8.15. The van der Waals surface area contributed by atoms with Crippen molar-refractivity contribution in [2.24, 2.45) is 5.73 Å². The number of primary amides is 1. The average Bonchev–Trinajstić information content (AvgIpc) is 2.60. The summed E-state index contributed by atoms with van der Waals surface area (Å²) in [5.74, 6) is -2.90. The topological polar surface area (TPSA) is 98.0 Å². The van der Waals surface area contributed by atoms with Gasteiger partial charge in [-0.1, -0.05) is 12.1 Å². The monoisotopic (exact) mass is 370 g/mol. The smallest absolute Gasteiger partial charge is 0.240 e. The fourth-order valence-corrected chi connectivity index (χ4v) is 2.67. The summed E-state index contributed by atoms with van der Waals surface area (Å²) in [4.78, 5) is 32.5. The Morgan fingerprint density at radius 2 is 1.74 bits per heavy atom. The summed E-state index contributed by atoms with van der Waals surface area (Å²) in [6.07, 6.45) is 1.27. The molecule has 0 fully saturated rings. The summed E-state index contributed by atoms with van der Waals surface area (Å²) in [6.45, 7) is 0. The summed E-state index contributed by atoms with van der Waals surface area (Å²) in [5, 5.41) is 2.47. The lowest BCUT2D eigenvalue weighted by Gasteiger charge is -2.15. The van der Waals surface area contributed by atoms with E-state index in [2.05, 4.69) is 15.3 Å². The number of nitrogens with two attached hydrogens (primary N) is 1. The number of halogens is 2. The molecule has 2 aromatic carbocycles. The van der Waals surface area contributed by atoms with Crippen LogP contribution in [0.15, 0.2) is 48.7 Å². The fourth-order valence-electron chi connectivity index (χ4n) is 2.67. The van der Waals surface area contributed by atoms with Crippen LogP contribution >= 0.6 is 0 Å². The first-order valence-corrected chi connectivity index (χ1v) is 8.15. The minimum Gasteiger partial charge on any atom is -0.368 e. The lowest BCUT2D eigenvalue weighted by Crippen LogP contribution is -2.46. The second kappa shape index (κ2) is 7.86. The Morgan fingerprint density at radius 3 is 2.41 bits per heavy atom. The van der Waals surface area contributed by atoms with Crippen molar-refractivity contribution in [1.29, 1.82) is 0 Å². The van der Waals surface area contributed by atoms with Crippen LogP contribution in [0.4, 0.5) is 8.78 Å². The van der Waals surface area contributed by atoms with Gasteiger partial charge in [-0.15, -0.1) is 0 Å². The molecule has 0 radical (unpaired) electrons. The maximum Gasteiger partial charge on any atom is 0.240 e. The average molecular weight is 370 g/mol. The molecule has 3 aromatic rings. The Labute approximate surface area is 153 Å². The van der Waals surface area contributed by atoms with Crippen LogP contribution in [0, 0.1) is 11.6 Å². The van der Waals surface area contributed by atoms with E-state index in [1.54, 1.807) is 12.1 Å². The molecule has 0 aliphatic rings. The highest BCUT2D eigenvalue weighted by atomic mass is 19.1. The third kappa shape index (κ3) is 4.81. The predicted octanol–water partition coefficient (Wildman–Crippen LogP) is 1.66. The zero-order valence-electron chi connectivity index (χ0n) is 14.2. The molecular formula is C19H16F2N4O2. The summed E-state index contributed by atoms with van der Waals surface area (Å²) < 4.78 is 26.4. The van der Waals surface area contributed by atoms with Gasteiger partial charge >= 0.3 is 0 Å².